The lowest BCUT2D eigenvalue weighted by atomic mass is 9.96. The second kappa shape index (κ2) is 16.3. The summed E-state index contributed by atoms with van der Waals surface area (Å²) in [6.45, 7) is 7.53. The first kappa shape index (κ1) is 32.6. The first-order chi connectivity index (χ1) is 16.7. The van der Waals surface area contributed by atoms with Gasteiger partial charge in [-0.25, -0.2) is 4.79 Å². The zero-order chi connectivity index (χ0) is 28.0. The van der Waals surface area contributed by atoms with Gasteiger partial charge in [0.2, 0.25) is 23.6 Å². The van der Waals surface area contributed by atoms with Gasteiger partial charge in [-0.15, -0.1) is 0 Å². The Balaban J connectivity index is 5.47. The Morgan fingerprint density at radius 3 is 1.94 bits per heavy atom. The largest absolute Gasteiger partial charge is 0.480 e. The number of hydrogen-bond acceptors (Lipinski definition) is 7. The number of aliphatic imine (C=N–C) groups is 1. The van der Waals surface area contributed by atoms with E-state index in [9.17, 15) is 29.1 Å². The van der Waals surface area contributed by atoms with Crippen molar-refractivity contribution in [2.24, 2.45) is 39.8 Å². The molecule has 0 aromatic carbocycles. The molecule has 5 unspecified atom stereocenters. The highest BCUT2D eigenvalue weighted by Gasteiger charge is 2.33. The van der Waals surface area contributed by atoms with Crippen molar-refractivity contribution in [3.05, 3.63) is 0 Å². The van der Waals surface area contributed by atoms with Gasteiger partial charge in [0.05, 0.1) is 12.5 Å². The van der Waals surface area contributed by atoms with Gasteiger partial charge in [0.15, 0.2) is 5.96 Å². The molecule has 0 aromatic heterocycles. The van der Waals surface area contributed by atoms with Crippen LogP contribution in [0.5, 0.6) is 0 Å². The van der Waals surface area contributed by atoms with Gasteiger partial charge in [-0.3, -0.25) is 24.2 Å². The average Bonchev–Trinajstić information content (AvgIpc) is 2.77. The fourth-order valence-corrected chi connectivity index (χ4v) is 3.25. The summed E-state index contributed by atoms with van der Waals surface area (Å²) in [5.74, 6) is -4.71. The number of carboxylic acid groups (broad SMARTS) is 1. The number of hydrogen-bond donors (Lipinski definition) is 8. The van der Waals surface area contributed by atoms with Gasteiger partial charge < -0.3 is 44.0 Å². The van der Waals surface area contributed by atoms with Crippen molar-refractivity contribution in [1.82, 2.24) is 16.0 Å². The lowest BCUT2D eigenvalue weighted by molar-refractivity contribution is -0.144. The molecule has 0 aliphatic carbocycles. The van der Waals surface area contributed by atoms with E-state index in [4.69, 9.17) is 22.9 Å². The van der Waals surface area contributed by atoms with Crippen LogP contribution in [0.1, 0.15) is 59.8 Å². The van der Waals surface area contributed by atoms with Gasteiger partial charge in [-0.1, -0.05) is 34.1 Å². The molecule has 12 N–H and O–H groups in total. The Labute approximate surface area is 211 Å². The molecule has 0 spiro atoms. The lowest BCUT2D eigenvalue weighted by Crippen LogP contribution is -2.59. The van der Waals surface area contributed by atoms with E-state index in [1.807, 2.05) is 13.8 Å². The SMILES string of the molecule is CCC(C)C(NC(=O)C(CC(C)C)NC(=O)C(N)CCCN=C(N)N)C(=O)NC(CC(N)=O)C(=O)O. The van der Waals surface area contributed by atoms with E-state index in [2.05, 4.69) is 20.9 Å². The van der Waals surface area contributed by atoms with E-state index in [1.54, 1.807) is 13.8 Å². The van der Waals surface area contributed by atoms with Crippen LogP contribution in [-0.4, -0.2) is 71.4 Å². The Morgan fingerprint density at radius 2 is 1.47 bits per heavy atom. The van der Waals surface area contributed by atoms with E-state index in [0.29, 0.717) is 19.4 Å². The molecule has 36 heavy (non-hydrogen) atoms. The molecule has 4 amide bonds. The van der Waals surface area contributed by atoms with Crippen molar-refractivity contribution < 1.29 is 29.1 Å². The van der Waals surface area contributed by atoms with Gasteiger partial charge >= 0.3 is 5.97 Å². The Kier molecular flexibility index (Phi) is 14.7. The van der Waals surface area contributed by atoms with Crippen LogP contribution in [-0.2, 0) is 24.0 Å². The van der Waals surface area contributed by atoms with Crippen LogP contribution in [0.25, 0.3) is 0 Å². The molecule has 0 saturated carbocycles. The predicted molar refractivity (Wildman–Crippen MR) is 134 cm³/mol. The molecule has 0 aliphatic rings. The molecule has 0 aliphatic heterocycles. The fraction of sp³-hybridized carbons (Fsp3) is 0.727. The quantitative estimate of drug-likeness (QED) is 0.0598. The van der Waals surface area contributed by atoms with Gasteiger partial charge in [0.25, 0.3) is 0 Å². The highest BCUT2D eigenvalue weighted by Crippen LogP contribution is 2.12. The monoisotopic (exact) mass is 514 g/mol. The summed E-state index contributed by atoms with van der Waals surface area (Å²) >= 11 is 0. The third-order valence-electron chi connectivity index (χ3n) is 5.46. The third-order valence-corrected chi connectivity index (χ3v) is 5.46. The third kappa shape index (κ3) is 12.9. The fourth-order valence-electron chi connectivity index (χ4n) is 3.25. The van der Waals surface area contributed by atoms with Crippen LogP contribution in [0.15, 0.2) is 4.99 Å². The van der Waals surface area contributed by atoms with Crippen molar-refractivity contribution in [1.29, 1.82) is 0 Å². The number of aliphatic carboxylic acids is 1. The summed E-state index contributed by atoms with van der Waals surface area (Å²) in [4.78, 5) is 65.0. The van der Waals surface area contributed by atoms with Crippen molar-refractivity contribution in [3.8, 4) is 0 Å². The molecule has 14 heteroatoms. The average molecular weight is 515 g/mol. The number of nitrogens with zero attached hydrogens (tertiary/aromatic N) is 1. The predicted octanol–water partition coefficient (Wildman–Crippen LogP) is -2.13. The van der Waals surface area contributed by atoms with Crippen LogP contribution in [0, 0.1) is 11.8 Å². The number of nitrogens with one attached hydrogen (secondary N) is 3. The molecule has 0 fully saturated rings. The number of primary amides is 1. The summed E-state index contributed by atoms with van der Waals surface area (Å²) in [7, 11) is 0. The van der Waals surface area contributed by atoms with Crippen LogP contribution >= 0.6 is 0 Å². The first-order valence-corrected chi connectivity index (χ1v) is 11.9. The number of carbonyl (C=O) groups is 5. The topological polar surface area (TPSA) is 258 Å². The molecule has 206 valence electrons. The summed E-state index contributed by atoms with van der Waals surface area (Å²) in [6, 6.07) is -4.54. The van der Waals surface area contributed by atoms with Gasteiger partial charge in [-0.05, 0) is 31.1 Å². The van der Waals surface area contributed by atoms with Gasteiger partial charge in [0.1, 0.15) is 18.1 Å². The molecule has 0 radical (unpaired) electrons. The summed E-state index contributed by atoms with van der Waals surface area (Å²) in [5, 5.41) is 16.8. The van der Waals surface area contributed by atoms with Crippen LogP contribution in [0.2, 0.25) is 0 Å². The molecule has 0 saturated heterocycles. The maximum atomic E-state index is 13.1. The van der Waals surface area contributed by atoms with E-state index in [1.165, 1.54) is 0 Å². The van der Waals surface area contributed by atoms with Crippen LogP contribution in [0.3, 0.4) is 0 Å². The number of nitrogens with two attached hydrogens (primary N) is 4. The molecule has 0 heterocycles. The molecule has 0 bridgehead atoms. The first-order valence-electron chi connectivity index (χ1n) is 11.9. The van der Waals surface area contributed by atoms with Crippen molar-refractivity contribution >= 4 is 35.6 Å². The summed E-state index contributed by atoms with van der Waals surface area (Å²) < 4.78 is 0. The van der Waals surface area contributed by atoms with Gasteiger partial charge in [-0.2, -0.15) is 0 Å². The number of carbonyl (C=O) groups excluding carboxylic acids is 4. The number of carboxylic acids is 1. The normalized spacial score (nSPS) is 15.1. The number of rotatable bonds is 17. The minimum Gasteiger partial charge on any atom is -0.480 e. The van der Waals surface area contributed by atoms with E-state index < -0.39 is 60.2 Å². The minimum atomic E-state index is -1.54. The van der Waals surface area contributed by atoms with Crippen molar-refractivity contribution in [2.75, 3.05) is 6.54 Å². The Morgan fingerprint density at radius 1 is 0.889 bits per heavy atom. The molecular formula is C22H42N8O6. The highest BCUT2D eigenvalue weighted by atomic mass is 16.4. The van der Waals surface area contributed by atoms with Crippen LogP contribution in [0.4, 0.5) is 0 Å². The van der Waals surface area contributed by atoms with Crippen molar-refractivity contribution in [2.45, 2.75) is 84.0 Å². The smallest absolute Gasteiger partial charge is 0.326 e. The van der Waals surface area contributed by atoms with Crippen molar-refractivity contribution in [3.63, 3.8) is 0 Å². The Bertz CT molecular complexity index is 799. The highest BCUT2D eigenvalue weighted by molar-refractivity contribution is 5.95. The van der Waals surface area contributed by atoms with E-state index >= 15 is 0 Å². The molecule has 5 atom stereocenters. The standard InChI is InChI=1S/C22H42N8O6/c1-5-12(4)17(20(34)29-15(21(35)36)10-16(24)31)30-19(33)14(9-11(2)3)28-18(32)13(23)7-6-8-27-22(25)26/h11-15,17H,5-10,23H2,1-4H3,(H2,24,31)(H,28,32)(H,29,34)(H,30,33)(H,35,36)(H4,25,26,27). The maximum Gasteiger partial charge on any atom is 0.326 e. The number of guanidine groups is 1. The molecule has 0 aromatic rings. The molecular weight excluding hydrogens is 472 g/mol. The zero-order valence-electron chi connectivity index (χ0n) is 21.5. The van der Waals surface area contributed by atoms with Crippen LogP contribution < -0.4 is 38.9 Å². The summed E-state index contributed by atoms with van der Waals surface area (Å²) in [6.07, 6.45) is 0.891. The lowest BCUT2D eigenvalue weighted by Gasteiger charge is -2.28. The number of amides is 4. The zero-order valence-corrected chi connectivity index (χ0v) is 21.5. The van der Waals surface area contributed by atoms with E-state index in [-0.39, 0.29) is 30.6 Å². The maximum absolute atomic E-state index is 13.1. The molecule has 0 rings (SSSR count). The van der Waals surface area contributed by atoms with Gasteiger partial charge in [0, 0.05) is 6.54 Å². The second-order valence-corrected chi connectivity index (χ2v) is 9.19. The Hall–Kier alpha value is -3.42. The van der Waals surface area contributed by atoms with E-state index in [0.717, 1.165) is 0 Å². The second-order valence-electron chi connectivity index (χ2n) is 9.19. The molecule has 14 nitrogen and oxygen atoms in total. The minimum absolute atomic E-state index is 0.0157. The summed E-state index contributed by atoms with van der Waals surface area (Å²) in [5.41, 5.74) is 21.5.